The number of hydrogen-bond donors (Lipinski definition) is 1. The van der Waals surface area contributed by atoms with Crippen LogP contribution < -0.4 is 5.32 Å². The molecule has 0 unspecified atom stereocenters. The fourth-order valence-corrected chi connectivity index (χ4v) is 1.21. The quantitative estimate of drug-likeness (QED) is 0.498. The van der Waals surface area contributed by atoms with Crippen molar-refractivity contribution < 1.29 is 0 Å². The molecule has 0 aromatic heterocycles. The molecule has 1 aliphatic heterocycles. The maximum absolute atomic E-state index is 3.32. The molecule has 1 N–H and O–H groups in total. The number of piperidine rings is 1. The van der Waals surface area contributed by atoms with E-state index in [2.05, 4.69) is 24.1 Å². The molecule has 10 heavy (non-hydrogen) atoms. The largest absolute Gasteiger partial charge is 0.317 e. The van der Waals surface area contributed by atoms with Gasteiger partial charge in [-0.05, 0) is 25.9 Å². The second-order valence-electron chi connectivity index (χ2n) is 2.70. The van der Waals surface area contributed by atoms with E-state index in [4.69, 9.17) is 0 Å². The van der Waals surface area contributed by atoms with Crippen molar-refractivity contribution in [2.24, 2.45) is 5.92 Å². The predicted octanol–water partition coefficient (Wildman–Crippen LogP) is 1.40. The molecule has 56 valence electrons. The van der Waals surface area contributed by atoms with Crippen molar-refractivity contribution in [2.75, 3.05) is 13.1 Å². The molecule has 0 radical (unpaired) electrons. The minimum atomic E-state index is 0.682. The molecule has 1 rings (SSSR count). The molecule has 0 atom stereocenters. The van der Waals surface area contributed by atoms with Crippen LogP contribution in [0.1, 0.15) is 26.2 Å². The van der Waals surface area contributed by atoms with Gasteiger partial charge in [-0.2, -0.15) is 0 Å². The minimum Gasteiger partial charge on any atom is -0.317 e. The maximum atomic E-state index is 3.32. The summed E-state index contributed by atoms with van der Waals surface area (Å²) in [7, 11) is 0. The van der Waals surface area contributed by atoms with E-state index in [1.807, 2.05) is 0 Å². The molecule has 0 aromatic rings. The van der Waals surface area contributed by atoms with Gasteiger partial charge in [0, 0.05) is 12.3 Å². The van der Waals surface area contributed by atoms with E-state index >= 15 is 0 Å². The summed E-state index contributed by atoms with van der Waals surface area (Å²) in [6.45, 7) is 4.42. The molecule has 0 amide bonds. The average Bonchev–Trinajstić information content (AvgIpc) is 2.03. The van der Waals surface area contributed by atoms with Crippen LogP contribution in [0.25, 0.3) is 0 Å². The van der Waals surface area contributed by atoms with Gasteiger partial charge in [-0.3, -0.25) is 0 Å². The first-order valence-corrected chi connectivity index (χ1v) is 4.12. The molecule has 1 nitrogen and oxygen atoms in total. The van der Waals surface area contributed by atoms with Crippen molar-refractivity contribution in [3.63, 3.8) is 0 Å². The van der Waals surface area contributed by atoms with Gasteiger partial charge in [0.2, 0.25) is 0 Å². The first-order chi connectivity index (χ1) is 4.93. The van der Waals surface area contributed by atoms with Crippen molar-refractivity contribution in [3.05, 3.63) is 0 Å². The fourth-order valence-electron chi connectivity index (χ4n) is 1.21. The summed E-state index contributed by atoms with van der Waals surface area (Å²) >= 11 is 0. The van der Waals surface area contributed by atoms with Crippen LogP contribution in [0.2, 0.25) is 0 Å². The number of nitrogens with one attached hydrogen (secondary N) is 1. The second kappa shape index (κ2) is 4.35. The van der Waals surface area contributed by atoms with Crippen LogP contribution in [-0.4, -0.2) is 13.1 Å². The van der Waals surface area contributed by atoms with E-state index in [1.165, 1.54) is 12.8 Å². The average molecular weight is 137 g/mol. The van der Waals surface area contributed by atoms with Gasteiger partial charge in [-0.1, -0.05) is 12.8 Å². The third kappa shape index (κ3) is 2.41. The van der Waals surface area contributed by atoms with Crippen LogP contribution in [0.3, 0.4) is 0 Å². The summed E-state index contributed by atoms with van der Waals surface area (Å²) in [5, 5.41) is 3.32. The van der Waals surface area contributed by atoms with Gasteiger partial charge in [0.25, 0.3) is 0 Å². The lowest BCUT2D eigenvalue weighted by Gasteiger charge is -2.17. The van der Waals surface area contributed by atoms with Gasteiger partial charge in [-0.25, -0.2) is 0 Å². The van der Waals surface area contributed by atoms with Crippen molar-refractivity contribution in [3.8, 4) is 11.8 Å². The molecule has 0 bridgehead atoms. The molecule has 0 spiro atoms. The zero-order valence-electron chi connectivity index (χ0n) is 6.61. The highest BCUT2D eigenvalue weighted by Gasteiger charge is 2.08. The molecule has 1 aliphatic rings. The van der Waals surface area contributed by atoms with Gasteiger partial charge in [0.1, 0.15) is 0 Å². The molecule has 1 heteroatoms. The van der Waals surface area contributed by atoms with Gasteiger partial charge in [0.15, 0.2) is 0 Å². The van der Waals surface area contributed by atoms with E-state index in [0.29, 0.717) is 5.92 Å². The summed E-state index contributed by atoms with van der Waals surface area (Å²) in [5.74, 6) is 7.10. The Bertz CT molecular complexity index is 135. The predicted molar refractivity (Wildman–Crippen MR) is 43.7 cm³/mol. The van der Waals surface area contributed by atoms with Crippen molar-refractivity contribution >= 4 is 0 Å². The minimum absolute atomic E-state index is 0.682. The maximum Gasteiger partial charge on any atom is 0.0227 e. The second-order valence-corrected chi connectivity index (χ2v) is 2.70. The Morgan fingerprint density at radius 1 is 1.40 bits per heavy atom. The Labute approximate surface area is 63.2 Å². The Kier molecular flexibility index (Phi) is 3.32. The van der Waals surface area contributed by atoms with Gasteiger partial charge >= 0.3 is 0 Å². The van der Waals surface area contributed by atoms with Gasteiger partial charge < -0.3 is 5.32 Å². The van der Waals surface area contributed by atoms with E-state index in [0.717, 1.165) is 19.5 Å². The zero-order chi connectivity index (χ0) is 7.23. The number of rotatable bonds is 0. The highest BCUT2D eigenvalue weighted by Crippen LogP contribution is 2.09. The monoisotopic (exact) mass is 137 g/mol. The van der Waals surface area contributed by atoms with Crippen LogP contribution in [0.4, 0.5) is 0 Å². The fraction of sp³-hybridized carbons (Fsp3) is 0.778. The standard InChI is InChI=1S/C9H15N/c1-2-3-4-9-5-7-10-8-6-9/h9-10H,2,5-8H2,1H3. The third-order valence-electron chi connectivity index (χ3n) is 1.82. The molecule has 1 heterocycles. The lowest BCUT2D eigenvalue weighted by molar-refractivity contribution is 0.447. The van der Waals surface area contributed by atoms with Crippen LogP contribution in [0.5, 0.6) is 0 Å². The lowest BCUT2D eigenvalue weighted by atomic mass is 9.99. The topological polar surface area (TPSA) is 12.0 Å². The summed E-state index contributed by atoms with van der Waals surface area (Å²) in [5.41, 5.74) is 0. The van der Waals surface area contributed by atoms with Crippen molar-refractivity contribution in [1.29, 1.82) is 0 Å². The SMILES string of the molecule is CCC#CC1CCNCC1. The Morgan fingerprint density at radius 3 is 2.70 bits per heavy atom. The van der Waals surface area contributed by atoms with E-state index in [9.17, 15) is 0 Å². The lowest BCUT2D eigenvalue weighted by Crippen LogP contribution is -2.26. The van der Waals surface area contributed by atoms with E-state index in [-0.39, 0.29) is 0 Å². The Balaban J connectivity index is 2.25. The molecule has 0 aliphatic carbocycles. The molecule has 0 saturated carbocycles. The summed E-state index contributed by atoms with van der Waals surface area (Å²) in [6.07, 6.45) is 3.49. The molecule has 1 saturated heterocycles. The van der Waals surface area contributed by atoms with Crippen LogP contribution >= 0.6 is 0 Å². The van der Waals surface area contributed by atoms with E-state index in [1.54, 1.807) is 0 Å². The van der Waals surface area contributed by atoms with Crippen molar-refractivity contribution in [2.45, 2.75) is 26.2 Å². The molecule has 1 fully saturated rings. The van der Waals surface area contributed by atoms with Gasteiger partial charge in [-0.15, -0.1) is 5.92 Å². The Hall–Kier alpha value is -0.480. The van der Waals surface area contributed by atoms with Crippen molar-refractivity contribution in [1.82, 2.24) is 5.32 Å². The smallest absolute Gasteiger partial charge is 0.0227 e. The summed E-state index contributed by atoms with van der Waals surface area (Å²) in [4.78, 5) is 0. The van der Waals surface area contributed by atoms with Gasteiger partial charge in [0.05, 0.1) is 0 Å². The summed E-state index contributed by atoms with van der Waals surface area (Å²) < 4.78 is 0. The first-order valence-electron chi connectivity index (χ1n) is 4.12. The molecular weight excluding hydrogens is 122 g/mol. The number of hydrogen-bond acceptors (Lipinski definition) is 1. The molecule has 0 aromatic carbocycles. The normalized spacial score (nSPS) is 19.7. The zero-order valence-corrected chi connectivity index (χ0v) is 6.61. The highest BCUT2D eigenvalue weighted by atomic mass is 14.9. The van der Waals surface area contributed by atoms with Crippen LogP contribution in [0.15, 0.2) is 0 Å². The Morgan fingerprint density at radius 2 is 2.10 bits per heavy atom. The first kappa shape index (κ1) is 7.63. The van der Waals surface area contributed by atoms with E-state index < -0.39 is 0 Å². The van der Waals surface area contributed by atoms with Crippen LogP contribution in [-0.2, 0) is 0 Å². The van der Waals surface area contributed by atoms with Crippen LogP contribution in [0, 0.1) is 17.8 Å². The molecular formula is C9H15N. The highest BCUT2D eigenvalue weighted by molar-refractivity contribution is 5.04. The summed E-state index contributed by atoms with van der Waals surface area (Å²) in [6, 6.07) is 0. The third-order valence-corrected chi connectivity index (χ3v) is 1.82.